The molecule has 0 fully saturated rings. The standard InChI is InChI=1S/C30H27N3O2S2/c1-18-14-15-19(2)23(16-18)31-26(34)17-36-30-32-28-27(22-11-5-6-13-25(22)37-28)29(35)33(30)24-12-7-9-20-8-3-4-10-21(20)24/h3-4,7-10,12,14-16H,5-6,11,13,17H2,1-2H3,(H,31,34). The molecule has 2 aromatic heterocycles. The Morgan fingerprint density at radius 1 is 1.05 bits per heavy atom. The quantitative estimate of drug-likeness (QED) is 0.202. The second kappa shape index (κ2) is 9.80. The maximum absolute atomic E-state index is 14.2. The van der Waals surface area contributed by atoms with E-state index in [9.17, 15) is 9.59 Å². The molecular formula is C30H27N3O2S2. The molecule has 5 aromatic rings. The maximum atomic E-state index is 14.2. The number of anilines is 1. The van der Waals surface area contributed by atoms with Gasteiger partial charge in [0.2, 0.25) is 5.91 Å². The van der Waals surface area contributed by atoms with Crippen LogP contribution in [-0.4, -0.2) is 21.2 Å². The number of thioether (sulfide) groups is 1. The molecule has 3 aromatic carbocycles. The zero-order valence-electron chi connectivity index (χ0n) is 20.8. The molecule has 7 heteroatoms. The second-order valence-electron chi connectivity index (χ2n) is 9.58. The molecule has 37 heavy (non-hydrogen) atoms. The van der Waals surface area contributed by atoms with E-state index in [2.05, 4.69) is 5.32 Å². The third-order valence-corrected chi connectivity index (χ3v) is 9.09. The Kier molecular flexibility index (Phi) is 6.34. The van der Waals surface area contributed by atoms with E-state index in [4.69, 9.17) is 4.98 Å². The van der Waals surface area contributed by atoms with Gasteiger partial charge in [-0.3, -0.25) is 14.2 Å². The summed E-state index contributed by atoms with van der Waals surface area (Å²) in [6.45, 7) is 3.99. The first kappa shape index (κ1) is 23.9. The van der Waals surface area contributed by atoms with Gasteiger partial charge in [-0.2, -0.15) is 0 Å². The number of hydrogen-bond donors (Lipinski definition) is 1. The van der Waals surface area contributed by atoms with E-state index in [0.29, 0.717) is 5.16 Å². The van der Waals surface area contributed by atoms with Gasteiger partial charge in [0.1, 0.15) is 4.83 Å². The van der Waals surface area contributed by atoms with Crippen molar-refractivity contribution in [2.75, 3.05) is 11.1 Å². The molecule has 0 radical (unpaired) electrons. The number of carbonyl (C=O) groups excluding carboxylic acids is 1. The minimum atomic E-state index is -0.122. The minimum Gasteiger partial charge on any atom is -0.325 e. The van der Waals surface area contributed by atoms with Crippen LogP contribution in [0.5, 0.6) is 0 Å². The number of benzene rings is 3. The SMILES string of the molecule is Cc1ccc(C)c(NC(=O)CSc2nc3sc4c(c3c(=O)n2-c2cccc3ccccc23)CCCC4)c1. The lowest BCUT2D eigenvalue weighted by molar-refractivity contribution is -0.113. The topological polar surface area (TPSA) is 64.0 Å². The van der Waals surface area contributed by atoms with Crippen molar-refractivity contribution < 1.29 is 4.79 Å². The van der Waals surface area contributed by atoms with Crippen LogP contribution in [0.15, 0.2) is 70.6 Å². The van der Waals surface area contributed by atoms with Crippen molar-refractivity contribution in [2.24, 2.45) is 0 Å². The first-order chi connectivity index (χ1) is 18.0. The smallest absolute Gasteiger partial charge is 0.267 e. The molecule has 1 aliphatic carbocycles. The second-order valence-corrected chi connectivity index (χ2v) is 11.6. The van der Waals surface area contributed by atoms with Crippen molar-refractivity contribution in [3.05, 3.63) is 92.6 Å². The lowest BCUT2D eigenvalue weighted by Gasteiger charge is -2.15. The first-order valence-corrected chi connectivity index (χ1v) is 14.3. The molecular weight excluding hydrogens is 498 g/mol. The molecule has 2 heterocycles. The summed E-state index contributed by atoms with van der Waals surface area (Å²) >= 11 is 2.95. The van der Waals surface area contributed by atoms with Crippen molar-refractivity contribution >= 4 is 55.7 Å². The Labute approximate surface area is 223 Å². The summed E-state index contributed by atoms with van der Waals surface area (Å²) in [4.78, 5) is 34.2. The van der Waals surface area contributed by atoms with Crippen molar-refractivity contribution in [1.29, 1.82) is 0 Å². The number of fused-ring (bicyclic) bond motifs is 4. The van der Waals surface area contributed by atoms with Gasteiger partial charge in [0.25, 0.3) is 5.56 Å². The van der Waals surface area contributed by atoms with Crippen LogP contribution in [0, 0.1) is 13.8 Å². The predicted octanol–water partition coefficient (Wildman–Crippen LogP) is 6.83. The van der Waals surface area contributed by atoms with E-state index in [1.54, 1.807) is 15.9 Å². The summed E-state index contributed by atoms with van der Waals surface area (Å²) in [7, 11) is 0. The first-order valence-electron chi connectivity index (χ1n) is 12.5. The maximum Gasteiger partial charge on any atom is 0.267 e. The van der Waals surface area contributed by atoms with Gasteiger partial charge >= 0.3 is 0 Å². The van der Waals surface area contributed by atoms with Crippen molar-refractivity contribution in [3.8, 4) is 5.69 Å². The molecule has 1 amide bonds. The number of aryl methyl sites for hydroxylation is 4. The highest BCUT2D eigenvalue weighted by Gasteiger charge is 2.24. The van der Waals surface area contributed by atoms with E-state index in [-0.39, 0.29) is 17.2 Å². The molecule has 1 aliphatic rings. The zero-order valence-corrected chi connectivity index (χ0v) is 22.5. The van der Waals surface area contributed by atoms with Crippen molar-refractivity contribution in [2.45, 2.75) is 44.7 Å². The Bertz CT molecular complexity index is 1730. The van der Waals surface area contributed by atoms with E-state index in [1.807, 2.05) is 74.5 Å². The van der Waals surface area contributed by atoms with E-state index in [0.717, 1.165) is 69.2 Å². The van der Waals surface area contributed by atoms with E-state index in [1.165, 1.54) is 22.2 Å². The number of nitrogens with one attached hydrogen (secondary N) is 1. The fourth-order valence-electron chi connectivity index (χ4n) is 5.09. The Morgan fingerprint density at radius 2 is 1.86 bits per heavy atom. The number of thiophene rings is 1. The van der Waals surface area contributed by atoms with Crippen LogP contribution in [0.3, 0.4) is 0 Å². The molecule has 0 saturated carbocycles. The predicted molar refractivity (Wildman–Crippen MR) is 155 cm³/mol. The molecule has 0 saturated heterocycles. The Balaban J connectivity index is 1.45. The van der Waals surface area contributed by atoms with Gasteiger partial charge in [0.15, 0.2) is 5.16 Å². The van der Waals surface area contributed by atoms with Gasteiger partial charge in [-0.1, -0.05) is 60.3 Å². The highest BCUT2D eigenvalue weighted by molar-refractivity contribution is 7.99. The fourth-order valence-corrected chi connectivity index (χ4v) is 7.19. The van der Waals surface area contributed by atoms with Crippen molar-refractivity contribution in [3.63, 3.8) is 0 Å². The van der Waals surface area contributed by atoms with Gasteiger partial charge < -0.3 is 5.32 Å². The number of hydrogen-bond acceptors (Lipinski definition) is 5. The molecule has 0 aliphatic heterocycles. The highest BCUT2D eigenvalue weighted by atomic mass is 32.2. The fraction of sp³-hybridized carbons (Fsp3) is 0.233. The van der Waals surface area contributed by atoms with Crippen LogP contribution in [0.4, 0.5) is 5.69 Å². The van der Waals surface area contributed by atoms with Gasteiger partial charge in [0.05, 0.1) is 16.8 Å². The van der Waals surface area contributed by atoms with Crippen LogP contribution >= 0.6 is 23.1 Å². The van der Waals surface area contributed by atoms with Gasteiger partial charge in [0, 0.05) is 16.0 Å². The third kappa shape index (κ3) is 4.47. The number of nitrogens with zero attached hydrogens (tertiary/aromatic N) is 2. The number of carbonyl (C=O) groups is 1. The summed E-state index contributed by atoms with van der Waals surface area (Å²) in [6, 6.07) is 20.1. The lowest BCUT2D eigenvalue weighted by Crippen LogP contribution is -2.23. The molecule has 0 bridgehead atoms. The molecule has 6 rings (SSSR count). The molecule has 0 spiro atoms. The molecule has 1 N–H and O–H groups in total. The van der Waals surface area contributed by atoms with E-state index >= 15 is 0 Å². The van der Waals surface area contributed by atoms with Gasteiger partial charge in [-0.05, 0) is 73.7 Å². The van der Waals surface area contributed by atoms with E-state index < -0.39 is 0 Å². The zero-order chi connectivity index (χ0) is 25.5. The summed E-state index contributed by atoms with van der Waals surface area (Å²) in [5, 5.41) is 6.36. The van der Waals surface area contributed by atoms with Crippen molar-refractivity contribution in [1.82, 2.24) is 9.55 Å². The van der Waals surface area contributed by atoms with Gasteiger partial charge in [-0.25, -0.2) is 4.98 Å². The Morgan fingerprint density at radius 3 is 2.76 bits per heavy atom. The molecule has 0 unspecified atom stereocenters. The highest BCUT2D eigenvalue weighted by Crippen LogP contribution is 2.36. The average molecular weight is 526 g/mol. The average Bonchev–Trinajstić information content (AvgIpc) is 3.28. The largest absolute Gasteiger partial charge is 0.325 e. The lowest BCUT2D eigenvalue weighted by atomic mass is 9.97. The monoisotopic (exact) mass is 525 g/mol. The number of aromatic nitrogens is 2. The molecule has 186 valence electrons. The third-order valence-electron chi connectivity index (χ3n) is 6.97. The molecule has 0 atom stereocenters. The van der Waals surface area contributed by atoms with Crippen LogP contribution in [0.1, 0.15) is 34.4 Å². The number of amides is 1. The van der Waals surface area contributed by atoms with Crippen LogP contribution in [0.25, 0.3) is 26.7 Å². The Hall–Kier alpha value is -3.42. The summed E-state index contributed by atoms with van der Waals surface area (Å²) in [5.41, 5.74) is 4.84. The summed E-state index contributed by atoms with van der Waals surface area (Å²) < 4.78 is 1.72. The minimum absolute atomic E-state index is 0.0433. The van der Waals surface area contributed by atoms with Crippen LogP contribution in [-0.2, 0) is 17.6 Å². The van der Waals surface area contributed by atoms with Crippen LogP contribution < -0.4 is 10.9 Å². The number of rotatable bonds is 5. The normalized spacial score (nSPS) is 13.1. The van der Waals surface area contributed by atoms with Crippen LogP contribution in [0.2, 0.25) is 0 Å². The van der Waals surface area contributed by atoms with Gasteiger partial charge in [-0.15, -0.1) is 11.3 Å². The summed E-state index contributed by atoms with van der Waals surface area (Å²) in [6.07, 6.45) is 4.18. The molecule has 5 nitrogen and oxygen atoms in total. The summed E-state index contributed by atoms with van der Waals surface area (Å²) in [5.74, 6) is 0.0317.